The van der Waals surface area contributed by atoms with Crippen LogP contribution >= 0.6 is 0 Å². The number of imide groups is 1. The molecule has 1 fully saturated rings. The normalized spacial score (nSPS) is 15.7. The van der Waals surface area contributed by atoms with Crippen molar-refractivity contribution in [1.82, 2.24) is 26.1 Å². The highest BCUT2D eigenvalue weighted by molar-refractivity contribution is 6.05. The second kappa shape index (κ2) is 17.1. The minimum absolute atomic E-state index is 0.0104. The average Bonchev–Trinajstić information content (AvgIpc) is 3.04. The molecule has 4 rings (SSSR count). The summed E-state index contributed by atoms with van der Waals surface area (Å²) in [6.45, 7) is 5.85. The van der Waals surface area contributed by atoms with Gasteiger partial charge in [0, 0.05) is 18.5 Å². The van der Waals surface area contributed by atoms with Crippen LogP contribution in [-0.2, 0) is 20.7 Å². The molecule has 1 saturated carbocycles. The summed E-state index contributed by atoms with van der Waals surface area (Å²) in [4.78, 5) is 55.8. The van der Waals surface area contributed by atoms with Gasteiger partial charge in [0.25, 0.3) is 5.91 Å². The van der Waals surface area contributed by atoms with E-state index in [4.69, 9.17) is 10.5 Å². The SMILES string of the molecule is CC(C)(C)OC(=O)NN(CC1CCCCC1)CC(O)C(Cc1ccccc1)NC(=O)[C@@H](N)CC(=O)NC(=O)c1ccc2ccccc2n1. The number of pyridine rings is 1. The Balaban J connectivity index is 1.41. The van der Waals surface area contributed by atoms with Crippen molar-refractivity contribution in [2.75, 3.05) is 13.1 Å². The molecule has 1 aliphatic carbocycles. The standard InChI is InChI=1S/C36H48N6O6/c1-36(2,3)48-35(47)41-42(22-25-14-8-5-9-15-25)23-31(43)30(20-24-12-6-4-7-13-24)39-33(45)27(37)21-32(44)40-34(46)29-19-18-26-16-10-11-17-28(26)38-29/h4,6-7,10-13,16-19,25,27,30-31,43H,5,8-9,14-15,20-23,37H2,1-3H3,(H,39,45)(H,41,47)(H,40,44,46)/t27-,30?,31?/m0/s1. The Bertz CT molecular complexity index is 1540. The summed E-state index contributed by atoms with van der Waals surface area (Å²) in [5, 5.41) is 19.1. The van der Waals surface area contributed by atoms with Gasteiger partial charge in [0.2, 0.25) is 11.8 Å². The van der Waals surface area contributed by atoms with E-state index in [9.17, 15) is 24.3 Å². The first-order valence-electron chi connectivity index (χ1n) is 16.6. The Hall–Kier alpha value is -4.39. The van der Waals surface area contributed by atoms with E-state index < -0.39 is 54.0 Å². The predicted octanol–water partition coefficient (Wildman–Crippen LogP) is 3.62. The van der Waals surface area contributed by atoms with Crippen molar-refractivity contribution in [3.63, 3.8) is 0 Å². The number of para-hydroxylation sites is 1. The fourth-order valence-electron chi connectivity index (χ4n) is 5.80. The molecule has 258 valence electrons. The van der Waals surface area contributed by atoms with Crippen molar-refractivity contribution in [3.8, 4) is 0 Å². The van der Waals surface area contributed by atoms with E-state index in [1.807, 2.05) is 42.5 Å². The number of aliphatic hydroxyl groups excluding tert-OH is 1. The maximum atomic E-state index is 13.3. The van der Waals surface area contributed by atoms with Crippen LogP contribution in [0.25, 0.3) is 10.9 Å². The van der Waals surface area contributed by atoms with Crippen molar-refractivity contribution in [3.05, 3.63) is 78.0 Å². The molecule has 1 aromatic heterocycles. The van der Waals surface area contributed by atoms with E-state index in [0.29, 0.717) is 18.0 Å². The van der Waals surface area contributed by atoms with Crippen LogP contribution in [-0.4, -0.2) is 75.8 Å². The summed E-state index contributed by atoms with van der Waals surface area (Å²) in [6.07, 6.45) is 3.47. The number of carbonyl (C=O) groups excluding carboxylic acids is 4. The van der Waals surface area contributed by atoms with Gasteiger partial charge in [0.15, 0.2) is 0 Å². The molecule has 3 atom stereocenters. The number of rotatable bonds is 13. The Morgan fingerprint density at radius 3 is 2.38 bits per heavy atom. The fraction of sp³-hybridized carbons (Fsp3) is 0.472. The smallest absolute Gasteiger partial charge is 0.422 e. The lowest BCUT2D eigenvalue weighted by Crippen LogP contribution is -2.57. The van der Waals surface area contributed by atoms with Crippen LogP contribution < -0.4 is 21.8 Å². The van der Waals surface area contributed by atoms with Crippen molar-refractivity contribution in [1.29, 1.82) is 0 Å². The van der Waals surface area contributed by atoms with E-state index in [1.165, 1.54) is 12.5 Å². The summed E-state index contributed by atoms with van der Waals surface area (Å²) < 4.78 is 5.48. The van der Waals surface area contributed by atoms with Gasteiger partial charge in [-0.25, -0.2) is 14.8 Å². The summed E-state index contributed by atoms with van der Waals surface area (Å²) >= 11 is 0. The van der Waals surface area contributed by atoms with Crippen LogP contribution in [0.4, 0.5) is 4.79 Å². The molecule has 2 unspecified atom stereocenters. The first kappa shape index (κ1) is 36.4. The van der Waals surface area contributed by atoms with Crippen molar-refractivity contribution >= 4 is 34.7 Å². The van der Waals surface area contributed by atoms with Gasteiger partial charge in [0.05, 0.1) is 30.1 Å². The van der Waals surface area contributed by atoms with Crippen LogP contribution in [0.1, 0.15) is 75.3 Å². The summed E-state index contributed by atoms with van der Waals surface area (Å²) in [7, 11) is 0. The number of aliphatic hydroxyl groups is 1. The third-order valence-electron chi connectivity index (χ3n) is 8.18. The van der Waals surface area contributed by atoms with Gasteiger partial charge in [-0.05, 0) is 63.6 Å². The third-order valence-corrected chi connectivity index (χ3v) is 8.18. The minimum atomic E-state index is -1.30. The van der Waals surface area contributed by atoms with Gasteiger partial charge in [-0.15, -0.1) is 0 Å². The van der Waals surface area contributed by atoms with Gasteiger partial charge in [-0.2, -0.15) is 0 Å². The summed E-state index contributed by atoms with van der Waals surface area (Å²) in [5.74, 6) is -1.77. The lowest BCUT2D eigenvalue weighted by Gasteiger charge is -2.34. The Kier molecular flexibility index (Phi) is 13.0. The van der Waals surface area contributed by atoms with E-state index >= 15 is 0 Å². The number of aromatic nitrogens is 1. The molecule has 3 aromatic rings. The minimum Gasteiger partial charge on any atom is -0.443 e. The third kappa shape index (κ3) is 11.7. The maximum Gasteiger partial charge on any atom is 0.422 e. The second-order valence-corrected chi connectivity index (χ2v) is 13.5. The number of fused-ring (bicyclic) bond motifs is 1. The highest BCUT2D eigenvalue weighted by Crippen LogP contribution is 2.24. The van der Waals surface area contributed by atoms with Crippen molar-refractivity contribution in [2.24, 2.45) is 11.7 Å². The van der Waals surface area contributed by atoms with Gasteiger partial charge in [0.1, 0.15) is 11.3 Å². The van der Waals surface area contributed by atoms with Gasteiger partial charge >= 0.3 is 6.09 Å². The van der Waals surface area contributed by atoms with Crippen LogP contribution in [0.3, 0.4) is 0 Å². The van der Waals surface area contributed by atoms with Crippen LogP contribution in [0, 0.1) is 5.92 Å². The molecule has 12 heteroatoms. The number of carbonyl (C=O) groups is 4. The Morgan fingerprint density at radius 2 is 1.67 bits per heavy atom. The first-order valence-corrected chi connectivity index (χ1v) is 16.6. The number of nitrogens with one attached hydrogen (secondary N) is 3. The average molecular weight is 661 g/mol. The molecule has 4 amide bonds. The van der Waals surface area contributed by atoms with Gasteiger partial charge in [-0.3, -0.25) is 25.1 Å². The lowest BCUT2D eigenvalue weighted by molar-refractivity contribution is -0.128. The first-order chi connectivity index (χ1) is 22.9. The highest BCUT2D eigenvalue weighted by atomic mass is 16.6. The monoisotopic (exact) mass is 660 g/mol. The number of nitrogens with two attached hydrogens (primary N) is 1. The van der Waals surface area contributed by atoms with E-state index in [2.05, 4.69) is 21.0 Å². The van der Waals surface area contributed by atoms with E-state index in [1.54, 1.807) is 44.0 Å². The number of hydrazine groups is 1. The fourth-order valence-corrected chi connectivity index (χ4v) is 5.80. The number of benzene rings is 2. The zero-order valence-electron chi connectivity index (χ0n) is 28.0. The topological polar surface area (TPSA) is 176 Å². The van der Waals surface area contributed by atoms with Crippen LogP contribution in [0.5, 0.6) is 0 Å². The number of hydrogen-bond donors (Lipinski definition) is 5. The quantitative estimate of drug-likeness (QED) is 0.172. The van der Waals surface area contributed by atoms with Crippen molar-refractivity contribution < 1.29 is 29.0 Å². The molecule has 6 N–H and O–H groups in total. The van der Waals surface area contributed by atoms with Gasteiger partial charge in [-0.1, -0.05) is 73.9 Å². The zero-order valence-corrected chi connectivity index (χ0v) is 28.0. The molecule has 0 radical (unpaired) electrons. The largest absolute Gasteiger partial charge is 0.443 e. The highest BCUT2D eigenvalue weighted by Gasteiger charge is 2.30. The van der Waals surface area contributed by atoms with Crippen LogP contribution in [0.2, 0.25) is 0 Å². The molecule has 0 spiro atoms. The molecule has 0 bridgehead atoms. The molecule has 48 heavy (non-hydrogen) atoms. The zero-order chi connectivity index (χ0) is 34.7. The molecule has 2 aromatic carbocycles. The van der Waals surface area contributed by atoms with Crippen LogP contribution in [0.15, 0.2) is 66.7 Å². The molecule has 1 heterocycles. The molecule has 1 aliphatic rings. The molecular formula is C36H48N6O6. The number of nitrogens with zero attached hydrogens (tertiary/aromatic N) is 2. The number of amides is 4. The molecule has 12 nitrogen and oxygen atoms in total. The Labute approximate surface area is 281 Å². The summed E-state index contributed by atoms with van der Waals surface area (Å²) in [5.41, 5.74) is 9.75. The second-order valence-electron chi connectivity index (χ2n) is 13.5. The molecular weight excluding hydrogens is 612 g/mol. The van der Waals surface area contributed by atoms with Gasteiger partial charge < -0.3 is 20.9 Å². The Morgan fingerprint density at radius 1 is 0.979 bits per heavy atom. The maximum absolute atomic E-state index is 13.3. The van der Waals surface area contributed by atoms with E-state index in [-0.39, 0.29) is 18.7 Å². The number of hydrogen-bond acceptors (Lipinski definition) is 9. The predicted molar refractivity (Wildman–Crippen MR) is 182 cm³/mol. The lowest BCUT2D eigenvalue weighted by atomic mass is 9.89. The molecule has 0 aliphatic heterocycles. The summed E-state index contributed by atoms with van der Waals surface area (Å²) in [6, 6.07) is 17.8. The van der Waals surface area contributed by atoms with Crippen molar-refractivity contribution in [2.45, 2.75) is 89.5 Å². The van der Waals surface area contributed by atoms with E-state index in [0.717, 1.165) is 36.6 Å². The number of ether oxygens (including phenoxy) is 1. The molecule has 0 saturated heterocycles.